The Labute approximate surface area is 230 Å². The number of nitrogens with one attached hydrogen (secondary N) is 2. The average Bonchev–Trinajstić information content (AvgIpc) is 3.52. The van der Waals surface area contributed by atoms with Gasteiger partial charge in [-0.1, -0.05) is 47.5 Å². The standard InChI is InChI=1S/C29H29ClN4O3S/c1-15-10-11-21(16(2)13-15)34-27(35)22-17(3)33-29-24(23(22)19-8-4-5-9-20(19)30)25(31)26(38-29)28(36)32-14-18-7-6-12-37-18/h4-5,8-11,13,18H,6-7,12,14,31H2,1-3H3,(H,32,36)(H,34,35)/t18-/m0/s1. The minimum Gasteiger partial charge on any atom is -0.397 e. The summed E-state index contributed by atoms with van der Waals surface area (Å²) < 4.78 is 5.63. The first-order chi connectivity index (χ1) is 18.2. The van der Waals surface area contributed by atoms with Crippen molar-refractivity contribution in [3.8, 4) is 11.1 Å². The molecule has 4 N–H and O–H groups in total. The number of thiophene rings is 1. The van der Waals surface area contributed by atoms with E-state index >= 15 is 0 Å². The van der Waals surface area contributed by atoms with E-state index in [9.17, 15) is 9.59 Å². The molecular weight excluding hydrogens is 520 g/mol. The van der Waals surface area contributed by atoms with Crippen LogP contribution in [0.2, 0.25) is 5.02 Å². The van der Waals surface area contributed by atoms with Crippen LogP contribution in [-0.4, -0.2) is 36.1 Å². The van der Waals surface area contributed by atoms with E-state index in [1.165, 1.54) is 11.3 Å². The summed E-state index contributed by atoms with van der Waals surface area (Å²) >= 11 is 7.86. The Hall–Kier alpha value is -3.46. The third-order valence-corrected chi connectivity index (χ3v) is 8.21. The molecule has 0 unspecified atom stereocenters. The van der Waals surface area contributed by atoms with Crippen LogP contribution in [0.4, 0.5) is 11.4 Å². The van der Waals surface area contributed by atoms with Crippen molar-refractivity contribution in [2.24, 2.45) is 0 Å². The van der Waals surface area contributed by atoms with Crippen LogP contribution in [0.1, 0.15) is 49.7 Å². The van der Waals surface area contributed by atoms with E-state index in [0.717, 1.165) is 24.0 Å². The smallest absolute Gasteiger partial charge is 0.263 e. The zero-order valence-electron chi connectivity index (χ0n) is 21.5. The molecule has 2 aromatic heterocycles. The molecule has 3 heterocycles. The van der Waals surface area contributed by atoms with Crippen molar-refractivity contribution in [2.75, 3.05) is 24.2 Å². The molecule has 7 nitrogen and oxygen atoms in total. The van der Waals surface area contributed by atoms with Crippen LogP contribution in [0.3, 0.4) is 0 Å². The summed E-state index contributed by atoms with van der Waals surface area (Å²) in [4.78, 5) is 32.6. The summed E-state index contributed by atoms with van der Waals surface area (Å²) in [6.45, 7) is 6.86. The van der Waals surface area contributed by atoms with Gasteiger partial charge >= 0.3 is 0 Å². The number of aromatic nitrogens is 1. The lowest BCUT2D eigenvalue weighted by molar-refractivity contribution is 0.0861. The first-order valence-electron chi connectivity index (χ1n) is 12.5. The van der Waals surface area contributed by atoms with Gasteiger partial charge < -0.3 is 21.1 Å². The predicted octanol–water partition coefficient (Wildman–Crippen LogP) is 6.29. The predicted molar refractivity (Wildman–Crippen MR) is 154 cm³/mol. The molecule has 9 heteroatoms. The summed E-state index contributed by atoms with van der Waals surface area (Å²) in [5.74, 6) is -0.612. The number of hydrogen-bond donors (Lipinski definition) is 3. The third-order valence-electron chi connectivity index (χ3n) is 6.78. The van der Waals surface area contributed by atoms with Crippen molar-refractivity contribution in [3.05, 3.63) is 74.7 Å². The van der Waals surface area contributed by atoms with Crippen LogP contribution in [0.5, 0.6) is 0 Å². The van der Waals surface area contributed by atoms with Gasteiger partial charge in [-0.25, -0.2) is 4.98 Å². The highest BCUT2D eigenvalue weighted by atomic mass is 35.5. The molecule has 1 saturated heterocycles. The summed E-state index contributed by atoms with van der Waals surface area (Å²) in [7, 11) is 0. The Morgan fingerprint density at radius 2 is 1.95 bits per heavy atom. The minimum atomic E-state index is -0.325. The molecule has 4 aromatic rings. The summed E-state index contributed by atoms with van der Waals surface area (Å²) in [6, 6.07) is 13.1. The van der Waals surface area contributed by atoms with Crippen molar-refractivity contribution in [1.82, 2.24) is 10.3 Å². The number of halogens is 1. The van der Waals surface area contributed by atoms with Gasteiger partial charge in [-0.2, -0.15) is 0 Å². The quantitative estimate of drug-likeness (QED) is 0.263. The zero-order valence-corrected chi connectivity index (χ0v) is 23.1. The van der Waals surface area contributed by atoms with E-state index in [4.69, 9.17) is 27.1 Å². The fraction of sp³-hybridized carbons (Fsp3) is 0.276. The van der Waals surface area contributed by atoms with Crippen LogP contribution in [-0.2, 0) is 4.74 Å². The van der Waals surface area contributed by atoms with Crippen LogP contribution in [0.25, 0.3) is 21.3 Å². The molecule has 1 aliphatic rings. The number of rotatable bonds is 6. The van der Waals surface area contributed by atoms with Gasteiger partial charge in [-0.05, 0) is 51.3 Å². The highest BCUT2D eigenvalue weighted by molar-refractivity contribution is 7.21. The number of hydrogen-bond acceptors (Lipinski definition) is 6. The largest absolute Gasteiger partial charge is 0.397 e. The highest BCUT2D eigenvalue weighted by Gasteiger charge is 2.28. The monoisotopic (exact) mass is 548 g/mol. The molecule has 196 valence electrons. The van der Waals surface area contributed by atoms with Gasteiger partial charge in [0.1, 0.15) is 9.71 Å². The molecule has 1 aliphatic heterocycles. The maximum Gasteiger partial charge on any atom is 0.263 e. The molecule has 0 radical (unpaired) electrons. The Morgan fingerprint density at radius 3 is 2.66 bits per heavy atom. The van der Waals surface area contributed by atoms with E-state index in [0.29, 0.717) is 61.3 Å². The fourth-order valence-electron chi connectivity index (χ4n) is 4.88. The lowest BCUT2D eigenvalue weighted by Crippen LogP contribution is -2.31. The first kappa shape index (κ1) is 26.2. The number of anilines is 2. The number of carbonyl (C=O) groups excluding carboxylic acids is 2. The maximum absolute atomic E-state index is 13.8. The van der Waals surface area contributed by atoms with Gasteiger partial charge in [0.05, 0.1) is 23.0 Å². The molecule has 2 amide bonds. The molecule has 0 bridgehead atoms. The Kier molecular flexibility index (Phi) is 7.38. The van der Waals surface area contributed by atoms with Crippen LogP contribution in [0.15, 0.2) is 42.5 Å². The molecule has 0 saturated carbocycles. The van der Waals surface area contributed by atoms with Crippen LogP contribution >= 0.6 is 22.9 Å². The van der Waals surface area contributed by atoms with Gasteiger partial charge in [0.15, 0.2) is 0 Å². The Bertz CT molecular complexity index is 1560. The van der Waals surface area contributed by atoms with Gasteiger partial charge in [0.2, 0.25) is 0 Å². The normalized spacial score (nSPS) is 15.1. The number of carbonyl (C=O) groups is 2. The Balaban J connectivity index is 1.63. The van der Waals surface area contributed by atoms with Crippen LogP contribution in [0, 0.1) is 20.8 Å². The molecular formula is C29H29ClN4O3S. The van der Waals surface area contributed by atoms with Crippen LogP contribution < -0.4 is 16.4 Å². The molecule has 1 fully saturated rings. The second-order valence-electron chi connectivity index (χ2n) is 9.57. The van der Waals surface area contributed by atoms with Crippen molar-refractivity contribution in [3.63, 3.8) is 0 Å². The topological polar surface area (TPSA) is 106 Å². The van der Waals surface area contributed by atoms with Gasteiger partial charge in [-0.15, -0.1) is 11.3 Å². The second-order valence-corrected chi connectivity index (χ2v) is 11.0. The lowest BCUT2D eigenvalue weighted by atomic mass is 9.94. The lowest BCUT2D eigenvalue weighted by Gasteiger charge is -2.17. The number of amides is 2. The molecule has 38 heavy (non-hydrogen) atoms. The number of nitrogens with zero attached hydrogens (tertiary/aromatic N) is 1. The summed E-state index contributed by atoms with van der Waals surface area (Å²) in [6.07, 6.45) is 1.91. The molecule has 0 aliphatic carbocycles. The molecule has 2 aromatic carbocycles. The van der Waals surface area contributed by atoms with E-state index in [2.05, 4.69) is 10.6 Å². The summed E-state index contributed by atoms with van der Waals surface area (Å²) in [5.41, 5.74) is 11.7. The third kappa shape index (κ3) is 4.99. The number of nitrogen functional groups attached to an aromatic ring is 1. The molecule has 0 spiro atoms. The molecule has 5 rings (SSSR count). The number of pyridine rings is 1. The summed E-state index contributed by atoms with van der Waals surface area (Å²) in [5, 5.41) is 6.99. The average molecular weight is 549 g/mol. The highest BCUT2D eigenvalue weighted by Crippen LogP contribution is 2.44. The minimum absolute atomic E-state index is 0.00846. The van der Waals surface area contributed by atoms with E-state index < -0.39 is 0 Å². The fourth-order valence-corrected chi connectivity index (χ4v) is 6.17. The number of ether oxygens (including phenoxy) is 1. The van der Waals surface area contributed by atoms with Crippen molar-refractivity contribution in [2.45, 2.75) is 39.7 Å². The molecule has 1 atom stereocenters. The number of benzene rings is 2. The SMILES string of the molecule is Cc1ccc(NC(=O)c2c(C)nc3sc(C(=O)NC[C@@H]4CCCO4)c(N)c3c2-c2ccccc2Cl)c(C)c1. The number of nitrogens with two attached hydrogens (primary N) is 1. The van der Waals surface area contributed by atoms with E-state index in [1.807, 2.05) is 50.2 Å². The van der Waals surface area contributed by atoms with Gasteiger partial charge in [0, 0.05) is 40.4 Å². The second kappa shape index (κ2) is 10.7. The van der Waals surface area contributed by atoms with E-state index in [1.54, 1.807) is 13.0 Å². The van der Waals surface area contributed by atoms with Crippen molar-refractivity contribution < 1.29 is 14.3 Å². The number of fused-ring (bicyclic) bond motifs is 1. The van der Waals surface area contributed by atoms with E-state index in [-0.39, 0.29) is 23.6 Å². The van der Waals surface area contributed by atoms with Gasteiger partial charge in [-0.3, -0.25) is 9.59 Å². The maximum atomic E-state index is 13.8. The van der Waals surface area contributed by atoms with Crippen molar-refractivity contribution in [1.29, 1.82) is 0 Å². The van der Waals surface area contributed by atoms with Gasteiger partial charge in [0.25, 0.3) is 11.8 Å². The Morgan fingerprint density at radius 1 is 1.16 bits per heavy atom. The zero-order chi connectivity index (χ0) is 27.0. The first-order valence-corrected chi connectivity index (χ1v) is 13.7. The van der Waals surface area contributed by atoms with Crippen molar-refractivity contribution >= 4 is 56.3 Å². The number of aryl methyl sites for hydroxylation is 3.